The largest absolute Gasteiger partial charge is 0.480 e. The number of hydrogen-bond donors (Lipinski definition) is 0. The van der Waals surface area contributed by atoms with E-state index < -0.39 is 17.9 Å². The Morgan fingerprint density at radius 2 is 1.74 bits per heavy atom. The van der Waals surface area contributed by atoms with Crippen LogP contribution >= 0.6 is 0 Å². The summed E-state index contributed by atoms with van der Waals surface area (Å²) in [4.78, 5) is 37.8. The first-order valence-corrected chi connectivity index (χ1v) is 14.4. The van der Waals surface area contributed by atoms with Crippen molar-refractivity contribution < 1.29 is 22.7 Å². The Kier molecular flexibility index (Phi) is 6.30. The molecule has 12 heteroatoms. The lowest BCUT2D eigenvalue weighted by Crippen LogP contribution is -2.39. The minimum absolute atomic E-state index is 0.00240. The van der Waals surface area contributed by atoms with E-state index in [0.29, 0.717) is 34.6 Å². The van der Waals surface area contributed by atoms with Gasteiger partial charge >= 0.3 is 6.18 Å². The van der Waals surface area contributed by atoms with Gasteiger partial charge in [-0.25, -0.2) is 24.9 Å². The van der Waals surface area contributed by atoms with Gasteiger partial charge in [0.15, 0.2) is 11.5 Å². The van der Waals surface area contributed by atoms with Crippen molar-refractivity contribution in [3.8, 4) is 28.7 Å². The molecule has 43 heavy (non-hydrogen) atoms. The molecular formula is C31H30F3N7O2. The van der Waals surface area contributed by atoms with E-state index in [9.17, 15) is 18.0 Å². The molecule has 0 radical (unpaired) electrons. The number of anilines is 1. The molecule has 3 atom stereocenters. The highest BCUT2D eigenvalue weighted by atomic mass is 19.4. The highest BCUT2D eigenvalue weighted by Crippen LogP contribution is 2.56. The van der Waals surface area contributed by atoms with Gasteiger partial charge in [-0.15, -0.1) is 0 Å². The van der Waals surface area contributed by atoms with Crippen molar-refractivity contribution in [2.24, 2.45) is 5.92 Å². The maximum absolute atomic E-state index is 13.7. The first-order chi connectivity index (χ1) is 20.6. The molecule has 1 amide bonds. The lowest BCUT2D eigenvalue weighted by Gasteiger charge is -2.33. The van der Waals surface area contributed by atoms with Gasteiger partial charge in [-0.05, 0) is 45.6 Å². The average molecular weight is 590 g/mol. The van der Waals surface area contributed by atoms with Gasteiger partial charge in [0.25, 0.3) is 0 Å². The van der Waals surface area contributed by atoms with E-state index in [0.717, 1.165) is 42.3 Å². The van der Waals surface area contributed by atoms with Crippen LogP contribution in [0.2, 0.25) is 0 Å². The quantitative estimate of drug-likeness (QED) is 0.243. The molecule has 0 N–H and O–H groups in total. The third kappa shape index (κ3) is 4.63. The number of halogens is 3. The third-order valence-corrected chi connectivity index (χ3v) is 8.61. The number of hydrogen-bond acceptors (Lipinski definition) is 7. The van der Waals surface area contributed by atoms with E-state index >= 15 is 0 Å². The molecule has 0 bridgehead atoms. The zero-order chi connectivity index (χ0) is 30.2. The molecule has 222 valence electrons. The number of carbonyl (C=O) groups is 1. The molecule has 0 unspecified atom stereocenters. The van der Waals surface area contributed by atoms with Gasteiger partial charge in [-0.1, -0.05) is 24.3 Å². The summed E-state index contributed by atoms with van der Waals surface area (Å²) in [5.41, 5.74) is 2.88. The molecule has 4 heterocycles. The van der Waals surface area contributed by atoms with Crippen LogP contribution in [-0.4, -0.2) is 42.5 Å². The Balaban J connectivity index is 1.26. The summed E-state index contributed by atoms with van der Waals surface area (Å²) < 4.78 is 47.4. The lowest BCUT2D eigenvalue weighted by molar-refractivity contribution is -0.141. The van der Waals surface area contributed by atoms with Crippen molar-refractivity contribution in [3.63, 3.8) is 0 Å². The summed E-state index contributed by atoms with van der Waals surface area (Å²) >= 11 is 0. The molecule has 0 spiro atoms. The summed E-state index contributed by atoms with van der Waals surface area (Å²) in [6.45, 7) is 5.56. The zero-order valence-electron chi connectivity index (χ0n) is 24.1. The Hall–Kier alpha value is -4.35. The number of methoxy groups -OCH3 is 1. The molecule has 4 aromatic rings. The summed E-state index contributed by atoms with van der Waals surface area (Å²) in [7, 11) is 1.55. The molecular weight excluding hydrogens is 559 g/mol. The fraction of sp³-hybridized carbons (Fsp3) is 0.419. The van der Waals surface area contributed by atoms with Crippen LogP contribution in [0.15, 0.2) is 43.0 Å². The highest BCUT2D eigenvalue weighted by molar-refractivity contribution is 6.01. The second-order valence-electron chi connectivity index (χ2n) is 11.8. The second kappa shape index (κ2) is 9.85. The standard InChI is InChI=1S/C31H30F3N7O2/c1-15(2)40-13-23(31(32,33)34)38-27(40)19-9-5-17(6-10-19)16(3)41-28-22(20-11-21(20)30(41)42)12-35-26(39-28)24-25(18-7-8-18)36-14-37-29(24)43-4/h5-6,9-10,12-16,18,20-21H,7-8,11H2,1-4H3/t16-,20-,21+/m1/s1. The minimum atomic E-state index is -4.54. The van der Waals surface area contributed by atoms with Crippen LogP contribution in [0.5, 0.6) is 5.88 Å². The number of rotatable bonds is 7. The predicted molar refractivity (Wildman–Crippen MR) is 151 cm³/mol. The maximum atomic E-state index is 13.7. The number of carbonyl (C=O) groups excluding carboxylic acids is 1. The van der Waals surface area contributed by atoms with Crippen LogP contribution in [0.3, 0.4) is 0 Å². The van der Waals surface area contributed by atoms with Gasteiger partial charge in [0, 0.05) is 47.3 Å². The minimum Gasteiger partial charge on any atom is -0.480 e. The number of amides is 1. The Morgan fingerprint density at radius 3 is 2.40 bits per heavy atom. The van der Waals surface area contributed by atoms with Crippen molar-refractivity contribution in [2.45, 2.75) is 70.1 Å². The number of fused-ring (bicyclic) bond motifs is 3. The van der Waals surface area contributed by atoms with Crippen molar-refractivity contribution in [1.29, 1.82) is 0 Å². The van der Waals surface area contributed by atoms with Crippen LogP contribution < -0.4 is 9.64 Å². The smallest absolute Gasteiger partial charge is 0.434 e. The van der Waals surface area contributed by atoms with Crippen LogP contribution in [0, 0.1) is 5.92 Å². The van der Waals surface area contributed by atoms with Crippen molar-refractivity contribution in [2.75, 3.05) is 12.0 Å². The van der Waals surface area contributed by atoms with Gasteiger partial charge in [0.2, 0.25) is 11.8 Å². The first-order valence-electron chi connectivity index (χ1n) is 14.4. The van der Waals surface area contributed by atoms with Gasteiger partial charge in [0.1, 0.15) is 23.5 Å². The summed E-state index contributed by atoms with van der Waals surface area (Å²) in [6.07, 6.45) is 2.60. The molecule has 2 saturated carbocycles. The van der Waals surface area contributed by atoms with Crippen LogP contribution in [0.1, 0.15) is 86.5 Å². The van der Waals surface area contributed by atoms with E-state index in [1.54, 1.807) is 24.1 Å². The molecule has 7 rings (SSSR count). The number of ether oxygens (including phenoxy) is 1. The zero-order valence-corrected chi connectivity index (χ0v) is 24.1. The Labute approximate surface area is 246 Å². The normalized spacial score (nSPS) is 20.2. The fourth-order valence-corrected chi connectivity index (χ4v) is 6.04. The van der Waals surface area contributed by atoms with E-state index in [1.807, 2.05) is 39.1 Å². The maximum Gasteiger partial charge on any atom is 0.434 e. The van der Waals surface area contributed by atoms with Gasteiger partial charge < -0.3 is 9.30 Å². The van der Waals surface area contributed by atoms with Crippen molar-refractivity contribution in [3.05, 3.63) is 65.5 Å². The monoisotopic (exact) mass is 589 g/mol. The van der Waals surface area contributed by atoms with Crippen LogP contribution in [-0.2, 0) is 11.0 Å². The molecule has 1 aromatic carbocycles. The van der Waals surface area contributed by atoms with E-state index in [1.165, 1.54) is 10.9 Å². The SMILES string of the molecule is COc1ncnc(C2CC2)c1-c1ncc2c(n1)N([C@H](C)c1ccc(-c3nc(C(F)(F)F)cn3C(C)C)cc1)C(=O)[C@H]1C[C@@H]21. The molecule has 3 aliphatic rings. The number of imidazole rings is 1. The Bertz CT molecular complexity index is 1730. The second-order valence-corrected chi connectivity index (χ2v) is 11.8. The number of aromatic nitrogens is 6. The first kappa shape index (κ1) is 27.5. The molecule has 2 fully saturated rings. The summed E-state index contributed by atoms with van der Waals surface area (Å²) in [5.74, 6) is 1.89. The number of alkyl halides is 3. The van der Waals surface area contributed by atoms with E-state index in [-0.39, 0.29) is 29.6 Å². The van der Waals surface area contributed by atoms with Gasteiger partial charge in [-0.2, -0.15) is 13.2 Å². The highest BCUT2D eigenvalue weighted by Gasteiger charge is 2.53. The van der Waals surface area contributed by atoms with Gasteiger partial charge in [-0.3, -0.25) is 9.69 Å². The van der Waals surface area contributed by atoms with Crippen LogP contribution in [0.25, 0.3) is 22.8 Å². The van der Waals surface area contributed by atoms with E-state index in [4.69, 9.17) is 14.7 Å². The van der Waals surface area contributed by atoms with E-state index in [2.05, 4.69) is 15.0 Å². The predicted octanol–water partition coefficient (Wildman–Crippen LogP) is 6.49. The van der Waals surface area contributed by atoms with Crippen molar-refractivity contribution >= 4 is 11.7 Å². The van der Waals surface area contributed by atoms with Crippen LogP contribution in [0.4, 0.5) is 19.0 Å². The molecule has 9 nitrogen and oxygen atoms in total. The third-order valence-electron chi connectivity index (χ3n) is 8.61. The van der Waals surface area contributed by atoms with Gasteiger partial charge in [0.05, 0.1) is 18.8 Å². The average Bonchev–Trinajstić information content (AvgIpc) is 3.93. The molecule has 3 aromatic heterocycles. The molecule has 2 aliphatic carbocycles. The van der Waals surface area contributed by atoms with Crippen molar-refractivity contribution in [1.82, 2.24) is 29.5 Å². The molecule has 0 saturated heterocycles. The fourth-order valence-electron chi connectivity index (χ4n) is 6.04. The Morgan fingerprint density at radius 1 is 1.00 bits per heavy atom. The lowest BCUT2D eigenvalue weighted by atomic mass is 9.99. The number of benzene rings is 1. The number of nitrogens with zero attached hydrogens (tertiary/aromatic N) is 7. The molecule has 1 aliphatic heterocycles. The summed E-state index contributed by atoms with van der Waals surface area (Å²) in [5, 5.41) is 0. The summed E-state index contributed by atoms with van der Waals surface area (Å²) in [6, 6.07) is 6.56. The topological polar surface area (TPSA) is 98.9 Å².